The smallest absolute Gasteiger partial charge is 0.263 e. The van der Waals surface area contributed by atoms with Gasteiger partial charge in [0.25, 0.3) is 10.0 Å². The average Bonchev–Trinajstić information content (AvgIpc) is 2.34. The highest BCUT2D eigenvalue weighted by Crippen LogP contribution is 2.24. The molecule has 1 heterocycles. The Morgan fingerprint density at radius 2 is 2.00 bits per heavy atom. The molecule has 0 fully saturated rings. The second kappa shape index (κ2) is 5.94. The number of aromatic nitrogens is 1. The Hall–Kier alpha value is -0.380. The van der Waals surface area contributed by atoms with Crippen molar-refractivity contribution in [1.29, 1.82) is 0 Å². The topological polar surface area (TPSA) is 59.1 Å². The minimum Gasteiger partial charge on any atom is -0.280 e. The van der Waals surface area contributed by atoms with E-state index < -0.39 is 10.0 Å². The van der Waals surface area contributed by atoms with E-state index in [1.807, 2.05) is 0 Å². The highest BCUT2D eigenvalue weighted by Gasteiger charge is 2.15. The van der Waals surface area contributed by atoms with E-state index in [4.69, 9.17) is 11.6 Å². The summed E-state index contributed by atoms with van der Waals surface area (Å²) in [6, 6.07) is 8.02. The molecular formula is C11H7BrClIN2O2S. The lowest BCUT2D eigenvalue weighted by Crippen LogP contribution is -2.13. The van der Waals surface area contributed by atoms with Gasteiger partial charge in [-0.2, -0.15) is 0 Å². The van der Waals surface area contributed by atoms with E-state index in [0.717, 1.165) is 8.04 Å². The maximum absolute atomic E-state index is 12.1. The number of benzene rings is 1. The van der Waals surface area contributed by atoms with Crippen LogP contribution >= 0.6 is 50.1 Å². The third-order valence-electron chi connectivity index (χ3n) is 2.18. The molecule has 0 radical (unpaired) electrons. The van der Waals surface area contributed by atoms with Crippen LogP contribution in [0.2, 0.25) is 5.15 Å². The van der Waals surface area contributed by atoms with Crippen molar-refractivity contribution in [2.75, 3.05) is 4.72 Å². The normalized spacial score (nSPS) is 11.3. The molecule has 0 amide bonds. The summed E-state index contributed by atoms with van der Waals surface area (Å²) in [6.45, 7) is 0. The van der Waals surface area contributed by atoms with Crippen LogP contribution < -0.4 is 4.72 Å². The van der Waals surface area contributed by atoms with Crippen LogP contribution in [0.15, 0.2) is 45.9 Å². The van der Waals surface area contributed by atoms with Gasteiger partial charge in [0.1, 0.15) is 10.0 Å². The number of nitrogens with zero attached hydrogens (tertiary/aromatic N) is 1. The number of nitrogens with one attached hydrogen (secondary N) is 1. The summed E-state index contributed by atoms with van der Waals surface area (Å²) in [7, 11) is -3.65. The molecule has 1 N–H and O–H groups in total. The van der Waals surface area contributed by atoms with Crippen LogP contribution in [0.5, 0.6) is 0 Å². The molecule has 8 heteroatoms. The minimum absolute atomic E-state index is 0.0647. The lowest BCUT2D eigenvalue weighted by molar-refractivity contribution is 0.601. The van der Waals surface area contributed by atoms with E-state index >= 15 is 0 Å². The number of hydrogen-bond acceptors (Lipinski definition) is 3. The third-order valence-corrected chi connectivity index (χ3v) is 6.10. The van der Waals surface area contributed by atoms with Crippen molar-refractivity contribution in [3.8, 4) is 0 Å². The summed E-state index contributed by atoms with van der Waals surface area (Å²) >= 11 is 11.1. The summed E-state index contributed by atoms with van der Waals surface area (Å²) in [4.78, 5) is 3.82. The number of sulfonamides is 1. The van der Waals surface area contributed by atoms with Crippen LogP contribution in [-0.2, 0) is 10.0 Å². The predicted octanol–water partition coefficient (Wildman–Crippen LogP) is 3.90. The number of pyridine rings is 1. The second-order valence-electron chi connectivity index (χ2n) is 3.55. The fourth-order valence-corrected chi connectivity index (χ4v) is 3.16. The van der Waals surface area contributed by atoms with E-state index in [0.29, 0.717) is 5.69 Å². The molecular weight excluding hydrogens is 466 g/mol. The molecule has 0 saturated carbocycles. The van der Waals surface area contributed by atoms with Crippen LogP contribution in [0.4, 0.5) is 5.69 Å². The fourth-order valence-electron chi connectivity index (χ4n) is 1.29. The monoisotopic (exact) mass is 472 g/mol. The van der Waals surface area contributed by atoms with Gasteiger partial charge in [-0.1, -0.05) is 11.6 Å². The molecule has 2 rings (SSSR count). The zero-order chi connectivity index (χ0) is 14.0. The van der Waals surface area contributed by atoms with Crippen LogP contribution in [-0.4, -0.2) is 13.4 Å². The second-order valence-corrected chi connectivity index (χ2v) is 7.64. The number of anilines is 1. The summed E-state index contributed by atoms with van der Waals surface area (Å²) in [5, 5.41) is 0.247. The average molecular weight is 474 g/mol. The van der Waals surface area contributed by atoms with Crippen molar-refractivity contribution in [3.63, 3.8) is 0 Å². The van der Waals surface area contributed by atoms with Gasteiger partial charge in [0.2, 0.25) is 0 Å². The van der Waals surface area contributed by atoms with Gasteiger partial charge in [-0.25, -0.2) is 13.4 Å². The SMILES string of the molecule is O=S(=O)(Nc1ccc(Br)c(I)c1)c1ccc(Cl)nc1. The van der Waals surface area contributed by atoms with Crippen LogP contribution in [0.1, 0.15) is 0 Å². The predicted molar refractivity (Wildman–Crippen MR) is 86.9 cm³/mol. The Morgan fingerprint density at radius 3 is 2.58 bits per heavy atom. The molecule has 19 heavy (non-hydrogen) atoms. The van der Waals surface area contributed by atoms with Gasteiger partial charge in [0.15, 0.2) is 0 Å². The van der Waals surface area contributed by atoms with Gasteiger partial charge >= 0.3 is 0 Å². The quantitative estimate of drug-likeness (QED) is 0.544. The Bertz CT molecular complexity index is 707. The van der Waals surface area contributed by atoms with E-state index in [-0.39, 0.29) is 10.0 Å². The van der Waals surface area contributed by atoms with E-state index in [1.54, 1.807) is 18.2 Å². The van der Waals surface area contributed by atoms with Crippen molar-refractivity contribution in [2.45, 2.75) is 4.90 Å². The van der Waals surface area contributed by atoms with Crippen molar-refractivity contribution >= 4 is 65.8 Å². The molecule has 0 aliphatic rings. The van der Waals surface area contributed by atoms with Gasteiger partial charge in [0, 0.05) is 19.9 Å². The van der Waals surface area contributed by atoms with Crippen molar-refractivity contribution in [1.82, 2.24) is 4.98 Å². The van der Waals surface area contributed by atoms with Crippen LogP contribution in [0, 0.1) is 3.57 Å². The van der Waals surface area contributed by atoms with Crippen molar-refractivity contribution in [3.05, 3.63) is 49.7 Å². The first-order valence-corrected chi connectivity index (χ1v) is 8.71. The lowest BCUT2D eigenvalue weighted by Gasteiger charge is -2.08. The van der Waals surface area contributed by atoms with Crippen molar-refractivity contribution < 1.29 is 8.42 Å². The molecule has 1 aromatic carbocycles. The van der Waals surface area contributed by atoms with Crippen LogP contribution in [0.3, 0.4) is 0 Å². The summed E-state index contributed by atoms with van der Waals surface area (Å²) in [5.41, 5.74) is 0.488. The highest BCUT2D eigenvalue weighted by molar-refractivity contribution is 14.1. The minimum atomic E-state index is -3.65. The van der Waals surface area contributed by atoms with E-state index in [9.17, 15) is 8.42 Å². The number of hydrogen-bond donors (Lipinski definition) is 1. The zero-order valence-electron chi connectivity index (χ0n) is 9.27. The molecule has 0 aliphatic carbocycles. The molecule has 4 nitrogen and oxygen atoms in total. The Morgan fingerprint density at radius 1 is 1.26 bits per heavy atom. The fraction of sp³-hybridized carbons (Fsp3) is 0. The Kier molecular flexibility index (Phi) is 4.70. The molecule has 100 valence electrons. The number of rotatable bonds is 3. The summed E-state index contributed by atoms with van der Waals surface area (Å²) in [5.74, 6) is 0. The van der Waals surface area contributed by atoms with Crippen molar-refractivity contribution in [2.24, 2.45) is 0 Å². The lowest BCUT2D eigenvalue weighted by atomic mass is 10.3. The molecule has 2 aromatic rings. The van der Waals surface area contributed by atoms with Gasteiger partial charge in [0.05, 0.1) is 0 Å². The van der Waals surface area contributed by atoms with Crippen LogP contribution in [0.25, 0.3) is 0 Å². The largest absolute Gasteiger partial charge is 0.280 e. The van der Waals surface area contributed by atoms with Gasteiger partial charge in [-0.3, -0.25) is 4.72 Å². The van der Waals surface area contributed by atoms with Gasteiger partial charge < -0.3 is 0 Å². The molecule has 0 bridgehead atoms. The standard InChI is InChI=1S/C11H7BrClIN2O2S/c12-9-3-1-7(5-10(9)14)16-19(17,18)8-2-4-11(13)15-6-8/h1-6,16H. The third kappa shape index (κ3) is 3.80. The van der Waals surface area contributed by atoms with E-state index in [1.165, 1.54) is 18.3 Å². The molecule has 0 aliphatic heterocycles. The maximum Gasteiger partial charge on any atom is 0.263 e. The molecule has 1 aromatic heterocycles. The summed E-state index contributed by atoms with van der Waals surface area (Å²) < 4.78 is 28.5. The van der Waals surface area contributed by atoms with Gasteiger partial charge in [-0.15, -0.1) is 0 Å². The molecule has 0 saturated heterocycles. The molecule has 0 unspecified atom stereocenters. The first-order chi connectivity index (χ1) is 8.88. The molecule has 0 atom stereocenters. The van der Waals surface area contributed by atoms with Gasteiger partial charge in [-0.05, 0) is 68.9 Å². The number of halogens is 3. The highest BCUT2D eigenvalue weighted by atomic mass is 127. The zero-order valence-corrected chi connectivity index (χ0v) is 14.6. The Labute approximate surface area is 137 Å². The first kappa shape index (κ1) is 15.0. The Balaban J connectivity index is 2.30. The first-order valence-electron chi connectivity index (χ1n) is 4.98. The summed E-state index contributed by atoms with van der Waals surface area (Å²) in [6.07, 6.45) is 1.22. The molecule has 0 spiro atoms. The van der Waals surface area contributed by atoms with E-state index in [2.05, 4.69) is 48.2 Å². The maximum atomic E-state index is 12.1.